The summed E-state index contributed by atoms with van der Waals surface area (Å²) in [5.41, 5.74) is 0. The predicted molar refractivity (Wildman–Crippen MR) is 88.7 cm³/mol. The van der Waals surface area contributed by atoms with E-state index in [9.17, 15) is 8.42 Å². The van der Waals surface area contributed by atoms with Crippen molar-refractivity contribution in [3.63, 3.8) is 0 Å². The number of hydrogen-bond acceptors (Lipinski definition) is 7. The van der Waals surface area contributed by atoms with E-state index >= 15 is 0 Å². The Labute approximate surface area is 144 Å². The molecule has 1 fully saturated rings. The second-order valence-electron chi connectivity index (χ2n) is 5.51. The summed E-state index contributed by atoms with van der Waals surface area (Å²) in [4.78, 5) is 8.44. The Hall–Kier alpha value is -2.79. The van der Waals surface area contributed by atoms with Crippen molar-refractivity contribution in [3.8, 4) is 5.82 Å². The van der Waals surface area contributed by atoms with Gasteiger partial charge >= 0.3 is 0 Å². The monoisotopic (exact) mass is 360 g/mol. The lowest BCUT2D eigenvalue weighted by Crippen LogP contribution is -2.49. The molecule has 1 aliphatic heterocycles. The summed E-state index contributed by atoms with van der Waals surface area (Å²) in [6.07, 6.45) is 6.15. The molecule has 0 spiro atoms. The van der Waals surface area contributed by atoms with Crippen molar-refractivity contribution >= 4 is 15.8 Å². The molecule has 3 aromatic heterocycles. The highest BCUT2D eigenvalue weighted by molar-refractivity contribution is 7.89. The number of imidazole rings is 1. The van der Waals surface area contributed by atoms with Gasteiger partial charge in [0.1, 0.15) is 0 Å². The van der Waals surface area contributed by atoms with E-state index < -0.39 is 10.0 Å². The van der Waals surface area contributed by atoms with Crippen LogP contribution in [0.1, 0.15) is 0 Å². The summed E-state index contributed by atoms with van der Waals surface area (Å²) >= 11 is 0. The molecule has 1 aliphatic rings. The number of piperazine rings is 1. The molecule has 0 unspecified atom stereocenters. The number of hydrogen-bond donors (Lipinski definition) is 1. The molecule has 10 nitrogen and oxygen atoms in total. The quantitative estimate of drug-likeness (QED) is 0.691. The molecule has 4 heterocycles. The van der Waals surface area contributed by atoms with Crippen molar-refractivity contribution in [2.75, 3.05) is 31.1 Å². The maximum Gasteiger partial charge on any atom is 0.260 e. The van der Waals surface area contributed by atoms with Gasteiger partial charge < -0.3 is 9.88 Å². The van der Waals surface area contributed by atoms with Gasteiger partial charge in [-0.1, -0.05) is 0 Å². The first kappa shape index (κ1) is 15.7. The van der Waals surface area contributed by atoms with E-state index in [0.717, 1.165) is 5.82 Å². The van der Waals surface area contributed by atoms with Crippen LogP contribution in [0.4, 0.5) is 5.82 Å². The predicted octanol–water partition coefficient (Wildman–Crippen LogP) is -0.104. The van der Waals surface area contributed by atoms with Gasteiger partial charge in [0.2, 0.25) is 0 Å². The summed E-state index contributed by atoms with van der Waals surface area (Å²) in [5.74, 6) is 1.35. The van der Waals surface area contributed by atoms with E-state index in [1.165, 1.54) is 16.8 Å². The van der Waals surface area contributed by atoms with Crippen molar-refractivity contribution in [2.45, 2.75) is 5.03 Å². The Morgan fingerprint density at radius 2 is 1.80 bits per heavy atom. The SMILES string of the molecule is O=S(=O)(c1cnc[nH]1)N1CCN(c2ccc(-n3cccn3)nn2)CC1. The molecule has 11 heteroatoms. The number of nitrogens with one attached hydrogen (secondary N) is 1. The smallest absolute Gasteiger partial charge is 0.260 e. The molecule has 0 radical (unpaired) electrons. The molecule has 0 bridgehead atoms. The van der Waals surface area contributed by atoms with Crippen molar-refractivity contribution in [3.05, 3.63) is 43.1 Å². The van der Waals surface area contributed by atoms with Gasteiger partial charge in [-0.15, -0.1) is 10.2 Å². The van der Waals surface area contributed by atoms with Gasteiger partial charge in [0.05, 0.1) is 12.5 Å². The summed E-state index contributed by atoms with van der Waals surface area (Å²) in [5, 5.41) is 12.6. The number of sulfonamides is 1. The zero-order valence-corrected chi connectivity index (χ0v) is 14.0. The average molecular weight is 360 g/mol. The van der Waals surface area contributed by atoms with Gasteiger partial charge in [-0.3, -0.25) is 0 Å². The maximum absolute atomic E-state index is 12.5. The van der Waals surface area contributed by atoms with Gasteiger partial charge in [-0.2, -0.15) is 9.40 Å². The third kappa shape index (κ3) is 2.98. The zero-order chi connectivity index (χ0) is 17.3. The Morgan fingerprint density at radius 3 is 2.40 bits per heavy atom. The number of rotatable bonds is 4. The number of anilines is 1. The van der Waals surface area contributed by atoms with Gasteiger partial charge in [0.25, 0.3) is 10.0 Å². The van der Waals surface area contributed by atoms with Crippen molar-refractivity contribution < 1.29 is 8.42 Å². The van der Waals surface area contributed by atoms with Crippen LogP contribution in [0.15, 0.2) is 48.1 Å². The highest BCUT2D eigenvalue weighted by atomic mass is 32.2. The molecule has 3 aromatic rings. The van der Waals surface area contributed by atoms with E-state index in [-0.39, 0.29) is 5.03 Å². The highest BCUT2D eigenvalue weighted by Gasteiger charge is 2.29. The lowest BCUT2D eigenvalue weighted by Gasteiger charge is -2.34. The van der Waals surface area contributed by atoms with E-state index in [1.807, 2.05) is 23.1 Å². The first-order chi connectivity index (χ1) is 12.1. The van der Waals surface area contributed by atoms with E-state index in [4.69, 9.17) is 0 Å². The molecule has 0 amide bonds. The van der Waals surface area contributed by atoms with Crippen LogP contribution in [-0.4, -0.2) is 68.8 Å². The van der Waals surface area contributed by atoms with Crippen LogP contribution >= 0.6 is 0 Å². The van der Waals surface area contributed by atoms with E-state index in [0.29, 0.717) is 32.0 Å². The standard InChI is InChI=1S/C14H16N8O2S/c23-25(24,14-10-15-11-16-14)21-8-6-20(7-9-21)12-2-3-13(19-18-12)22-5-1-4-17-22/h1-5,10-11H,6-9H2,(H,15,16). The second kappa shape index (κ2) is 6.26. The molecule has 0 saturated carbocycles. The Morgan fingerprint density at radius 1 is 1.04 bits per heavy atom. The summed E-state index contributed by atoms with van der Waals surface area (Å²) in [6, 6.07) is 5.51. The van der Waals surface area contributed by atoms with E-state index in [1.54, 1.807) is 17.1 Å². The Kier molecular flexibility index (Phi) is 3.93. The second-order valence-corrected chi connectivity index (χ2v) is 7.41. The molecule has 4 rings (SSSR count). The first-order valence-corrected chi connectivity index (χ1v) is 9.16. The zero-order valence-electron chi connectivity index (χ0n) is 13.2. The summed E-state index contributed by atoms with van der Waals surface area (Å²) in [6.45, 7) is 1.85. The average Bonchev–Trinajstić information content (AvgIpc) is 3.36. The number of nitrogens with zero attached hydrogens (tertiary/aromatic N) is 7. The molecule has 0 aliphatic carbocycles. The Balaban J connectivity index is 1.44. The first-order valence-electron chi connectivity index (χ1n) is 7.72. The maximum atomic E-state index is 12.5. The van der Waals surface area contributed by atoms with Crippen LogP contribution in [0.2, 0.25) is 0 Å². The minimum absolute atomic E-state index is 0.115. The fraction of sp³-hybridized carbons (Fsp3) is 0.286. The fourth-order valence-electron chi connectivity index (χ4n) is 2.69. The topological polar surface area (TPSA) is 113 Å². The summed E-state index contributed by atoms with van der Waals surface area (Å²) < 4.78 is 28.0. The largest absolute Gasteiger partial charge is 0.352 e. The lowest BCUT2D eigenvalue weighted by molar-refractivity contribution is 0.382. The van der Waals surface area contributed by atoms with Gasteiger partial charge in [-0.05, 0) is 18.2 Å². The van der Waals surface area contributed by atoms with Crippen LogP contribution in [0.5, 0.6) is 0 Å². The van der Waals surface area contributed by atoms with Crippen LogP contribution in [-0.2, 0) is 10.0 Å². The van der Waals surface area contributed by atoms with Crippen LogP contribution < -0.4 is 4.90 Å². The number of H-pyrrole nitrogens is 1. The van der Waals surface area contributed by atoms with Crippen LogP contribution in [0, 0.1) is 0 Å². The van der Waals surface area contributed by atoms with Crippen molar-refractivity contribution in [1.29, 1.82) is 0 Å². The third-order valence-electron chi connectivity index (χ3n) is 4.03. The lowest BCUT2D eigenvalue weighted by atomic mass is 10.3. The normalized spacial score (nSPS) is 16.2. The van der Waals surface area contributed by atoms with Gasteiger partial charge in [0, 0.05) is 38.6 Å². The molecule has 25 heavy (non-hydrogen) atoms. The van der Waals surface area contributed by atoms with Crippen LogP contribution in [0.3, 0.4) is 0 Å². The number of aromatic nitrogens is 6. The highest BCUT2D eigenvalue weighted by Crippen LogP contribution is 2.18. The van der Waals surface area contributed by atoms with Crippen LogP contribution in [0.25, 0.3) is 5.82 Å². The minimum Gasteiger partial charge on any atom is -0.352 e. The molecular weight excluding hydrogens is 344 g/mol. The van der Waals surface area contributed by atoms with Crippen molar-refractivity contribution in [2.24, 2.45) is 0 Å². The fourth-order valence-corrected chi connectivity index (χ4v) is 4.01. The molecular formula is C14H16N8O2S. The number of aromatic amines is 1. The molecule has 0 aromatic carbocycles. The third-order valence-corrected chi connectivity index (χ3v) is 5.85. The summed E-state index contributed by atoms with van der Waals surface area (Å²) in [7, 11) is -3.52. The van der Waals surface area contributed by atoms with Gasteiger partial charge in [-0.25, -0.2) is 18.1 Å². The molecule has 1 saturated heterocycles. The molecule has 0 atom stereocenters. The molecule has 1 N–H and O–H groups in total. The van der Waals surface area contributed by atoms with E-state index in [2.05, 4.69) is 25.3 Å². The van der Waals surface area contributed by atoms with Gasteiger partial charge in [0.15, 0.2) is 16.7 Å². The Bertz CT molecular complexity index is 914. The molecule has 130 valence electrons. The minimum atomic E-state index is -3.52. The van der Waals surface area contributed by atoms with Crippen molar-refractivity contribution in [1.82, 2.24) is 34.3 Å².